The molecule has 1 amide bonds. The van der Waals surface area contributed by atoms with Crippen LogP contribution in [0.2, 0.25) is 5.02 Å². The summed E-state index contributed by atoms with van der Waals surface area (Å²) in [6.45, 7) is 3.06. The third-order valence-corrected chi connectivity index (χ3v) is 3.79. The van der Waals surface area contributed by atoms with Crippen LogP contribution in [0.3, 0.4) is 0 Å². The third kappa shape index (κ3) is 3.35. The molecule has 0 aliphatic carbocycles. The van der Waals surface area contributed by atoms with Crippen molar-refractivity contribution in [2.45, 2.75) is 13.5 Å². The van der Waals surface area contributed by atoms with Gasteiger partial charge in [0.05, 0.1) is 10.6 Å². The van der Waals surface area contributed by atoms with Crippen molar-refractivity contribution in [3.8, 4) is 17.2 Å². The quantitative estimate of drug-likeness (QED) is 0.906. The van der Waals surface area contributed by atoms with Crippen LogP contribution in [-0.4, -0.2) is 24.2 Å². The summed E-state index contributed by atoms with van der Waals surface area (Å²) in [4.78, 5) is 12.2. The zero-order valence-corrected chi connectivity index (χ0v) is 13.3. The molecule has 1 heterocycles. The Kier molecular flexibility index (Phi) is 4.30. The second kappa shape index (κ2) is 6.38. The number of rotatable bonds is 3. The topological polar surface area (TPSA) is 67.8 Å². The van der Waals surface area contributed by atoms with Gasteiger partial charge in [-0.3, -0.25) is 4.79 Å². The number of benzene rings is 2. The number of hydrogen-bond donors (Lipinski definition) is 2. The van der Waals surface area contributed by atoms with Gasteiger partial charge in [-0.1, -0.05) is 23.2 Å². The zero-order chi connectivity index (χ0) is 16.4. The maximum Gasteiger partial charge on any atom is 0.255 e. The van der Waals surface area contributed by atoms with Crippen LogP contribution in [0.15, 0.2) is 30.3 Å². The van der Waals surface area contributed by atoms with Gasteiger partial charge in [-0.05, 0) is 36.8 Å². The predicted molar refractivity (Wildman–Crippen MR) is 86.5 cm³/mol. The summed E-state index contributed by atoms with van der Waals surface area (Å²) in [6, 6.07) is 8.40. The lowest BCUT2D eigenvalue weighted by atomic mass is 10.1. The second-order valence-electron chi connectivity index (χ2n) is 5.31. The van der Waals surface area contributed by atoms with Gasteiger partial charge in [-0.25, -0.2) is 0 Å². The number of phenols is 1. The van der Waals surface area contributed by atoms with E-state index in [1.54, 1.807) is 24.3 Å². The van der Waals surface area contributed by atoms with Crippen LogP contribution >= 0.6 is 11.6 Å². The standard InChI is InChI=1S/C17H16ClNO4/c1-10-2-3-14(20)12(6-10)17(21)19-9-11-7-13(18)16-15(8-11)22-4-5-23-16/h2-3,6-8,20H,4-5,9H2,1H3,(H,19,21). The number of carbonyl (C=O) groups is 1. The Hall–Kier alpha value is -2.40. The molecule has 5 nitrogen and oxygen atoms in total. The lowest BCUT2D eigenvalue weighted by Crippen LogP contribution is -2.23. The number of carbonyl (C=O) groups excluding carboxylic acids is 1. The molecule has 2 aromatic rings. The minimum atomic E-state index is -0.350. The maximum atomic E-state index is 12.2. The molecule has 6 heteroatoms. The number of nitrogens with one attached hydrogen (secondary N) is 1. The van der Waals surface area contributed by atoms with E-state index < -0.39 is 0 Å². The van der Waals surface area contributed by atoms with Crippen LogP contribution in [-0.2, 0) is 6.54 Å². The number of phenolic OH excluding ortho intramolecular Hbond substituents is 1. The van der Waals surface area contributed by atoms with Crippen molar-refractivity contribution in [2.75, 3.05) is 13.2 Å². The van der Waals surface area contributed by atoms with Gasteiger partial charge in [0.1, 0.15) is 19.0 Å². The summed E-state index contributed by atoms with van der Waals surface area (Å²) in [5.41, 5.74) is 1.93. The van der Waals surface area contributed by atoms with Crippen LogP contribution < -0.4 is 14.8 Å². The van der Waals surface area contributed by atoms with Gasteiger partial charge in [0.25, 0.3) is 5.91 Å². The lowest BCUT2D eigenvalue weighted by Gasteiger charge is -2.20. The molecule has 2 aromatic carbocycles. The van der Waals surface area contributed by atoms with E-state index in [1.165, 1.54) is 6.07 Å². The van der Waals surface area contributed by atoms with Gasteiger partial charge in [-0.15, -0.1) is 0 Å². The molecule has 0 saturated heterocycles. The number of aromatic hydroxyl groups is 1. The van der Waals surface area contributed by atoms with Gasteiger partial charge >= 0.3 is 0 Å². The summed E-state index contributed by atoms with van der Waals surface area (Å²) in [7, 11) is 0. The fourth-order valence-corrected chi connectivity index (χ4v) is 2.66. The first-order valence-electron chi connectivity index (χ1n) is 7.20. The maximum absolute atomic E-state index is 12.2. The average molecular weight is 334 g/mol. The first-order valence-corrected chi connectivity index (χ1v) is 7.58. The number of amides is 1. The van der Waals surface area contributed by atoms with Crippen LogP contribution in [0.25, 0.3) is 0 Å². The van der Waals surface area contributed by atoms with Crippen molar-refractivity contribution < 1.29 is 19.4 Å². The monoisotopic (exact) mass is 333 g/mol. The van der Waals surface area contributed by atoms with E-state index in [0.29, 0.717) is 29.7 Å². The highest BCUT2D eigenvalue weighted by Gasteiger charge is 2.17. The fraction of sp³-hybridized carbons (Fsp3) is 0.235. The molecule has 0 bridgehead atoms. The molecular weight excluding hydrogens is 318 g/mol. The molecule has 0 aromatic heterocycles. The Balaban J connectivity index is 1.74. The van der Waals surface area contributed by atoms with E-state index >= 15 is 0 Å². The highest BCUT2D eigenvalue weighted by molar-refractivity contribution is 6.32. The Labute approximate surface area is 138 Å². The van der Waals surface area contributed by atoms with Crippen molar-refractivity contribution in [1.29, 1.82) is 0 Å². The SMILES string of the molecule is Cc1ccc(O)c(C(=O)NCc2cc(Cl)c3c(c2)OCCO3)c1. The van der Waals surface area contributed by atoms with Gasteiger partial charge < -0.3 is 19.9 Å². The first kappa shape index (κ1) is 15.5. The van der Waals surface area contributed by atoms with E-state index in [-0.39, 0.29) is 23.8 Å². The predicted octanol–water partition coefficient (Wildman–Crippen LogP) is 3.06. The lowest BCUT2D eigenvalue weighted by molar-refractivity contribution is 0.0948. The number of halogens is 1. The molecule has 0 unspecified atom stereocenters. The van der Waals surface area contributed by atoms with Gasteiger partial charge in [-0.2, -0.15) is 0 Å². The zero-order valence-electron chi connectivity index (χ0n) is 12.6. The molecule has 1 aliphatic heterocycles. The fourth-order valence-electron chi connectivity index (χ4n) is 2.38. The van der Waals surface area contributed by atoms with E-state index in [0.717, 1.165) is 11.1 Å². The molecule has 0 saturated carbocycles. The van der Waals surface area contributed by atoms with Crippen molar-refractivity contribution >= 4 is 17.5 Å². The molecule has 1 aliphatic rings. The molecule has 0 atom stereocenters. The van der Waals surface area contributed by atoms with Gasteiger partial charge in [0, 0.05) is 6.54 Å². The van der Waals surface area contributed by atoms with Crippen LogP contribution in [0, 0.1) is 6.92 Å². The minimum absolute atomic E-state index is 0.0479. The molecule has 3 rings (SSSR count). The molecule has 23 heavy (non-hydrogen) atoms. The molecule has 0 spiro atoms. The van der Waals surface area contributed by atoms with Crippen molar-refractivity contribution in [3.05, 3.63) is 52.0 Å². The molecule has 0 radical (unpaired) electrons. The van der Waals surface area contributed by atoms with Crippen LogP contribution in [0.5, 0.6) is 17.2 Å². The normalized spacial score (nSPS) is 12.8. The molecule has 120 valence electrons. The van der Waals surface area contributed by atoms with E-state index in [9.17, 15) is 9.90 Å². The Morgan fingerprint density at radius 2 is 2.04 bits per heavy atom. The summed E-state index contributed by atoms with van der Waals surface area (Å²) in [5.74, 6) is 0.709. The van der Waals surface area contributed by atoms with E-state index in [2.05, 4.69) is 5.32 Å². The Bertz CT molecular complexity index is 760. The summed E-state index contributed by atoms with van der Waals surface area (Å²) < 4.78 is 11.0. The van der Waals surface area contributed by atoms with Crippen molar-refractivity contribution in [3.63, 3.8) is 0 Å². The van der Waals surface area contributed by atoms with Gasteiger partial charge in [0.2, 0.25) is 0 Å². The summed E-state index contributed by atoms with van der Waals surface area (Å²) >= 11 is 6.17. The molecule has 2 N–H and O–H groups in total. The first-order chi connectivity index (χ1) is 11.0. The van der Waals surface area contributed by atoms with E-state index in [1.807, 2.05) is 6.92 Å². The van der Waals surface area contributed by atoms with Crippen molar-refractivity contribution in [2.24, 2.45) is 0 Å². The number of hydrogen-bond acceptors (Lipinski definition) is 4. The highest BCUT2D eigenvalue weighted by Crippen LogP contribution is 2.38. The number of fused-ring (bicyclic) bond motifs is 1. The third-order valence-electron chi connectivity index (χ3n) is 3.51. The summed E-state index contributed by atoms with van der Waals surface area (Å²) in [5, 5.41) is 13.0. The molecule has 0 fully saturated rings. The van der Waals surface area contributed by atoms with Crippen LogP contribution in [0.1, 0.15) is 21.5 Å². The molecular formula is C17H16ClNO4. The van der Waals surface area contributed by atoms with Gasteiger partial charge in [0.15, 0.2) is 11.5 Å². The second-order valence-corrected chi connectivity index (χ2v) is 5.71. The Morgan fingerprint density at radius 3 is 2.87 bits per heavy atom. The number of ether oxygens (including phenoxy) is 2. The Morgan fingerprint density at radius 1 is 1.26 bits per heavy atom. The largest absolute Gasteiger partial charge is 0.507 e. The van der Waals surface area contributed by atoms with Crippen molar-refractivity contribution in [1.82, 2.24) is 5.32 Å². The number of aryl methyl sites for hydroxylation is 1. The smallest absolute Gasteiger partial charge is 0.255 e. The van der Waals surface area contributed by atoms with E-state index in [4.69, 9.17) is 21.1 Å². The average Bonchev–Trinajstić information content (AvgIpc) is 2.55. The highest BCUT2D eigenvalue weighted by atomic mass is 35.5. The summed E-state index contributed by atoms with van der Waals surface area (Å²) in [6.07, 6.45) is 0. The minimum Gasteiger partial charge on any atom is -0.507 e. The van der Waals surface area contributed by atoms with Crippen LogP contribution in [0.4, 0.5) is 0 Å².